The van der Waals surface area contributed by atoms with Gasteiger partial charge in [0, 0.05) is 54.6 Å². The fraction of sp³-hybridized carbons (Fsp3) is 0.194. The molecule has 2 aliphatic rings. The lowest BCUT2D eigenvalue weighted by Gasteiger charge is -2.17. The number of benzene rings is 3. The summed E-state index contributed by atoms with van der Waals surface area (Å²) in [6.45, 7) is 3.22. The van der Waals surface area contributed by atoms with E-state index in [4.69, 9.17) is 0 Å². The maximum atomic E-state index is 12.9. The lowest BCUT2D eigenvalue weighted by molar-refractivity contribution is 0.0935. The molecule has 1 saturated heterocycles. The van der Waals surface area contributed by atoms with Crippen molar-refractivity contribution in [3.05, 3.63) is 108 Å². The Kier molecular flexibility index (Phi) is 6.36. The molecule has 0 aliphatic carbocycles. The fourth-order valence-electron chi connectivity index (χ4n) is 5.54. The van der Waals surface area contributed by atoms with Gasteiger partial charge in [0.2, 0.25) is 0 Å². The maximum Gasteiger partial charge on any atom is 0.251 e. The number of rotatable bonds is 7. The summed E-state index contributed by atoms with van der Waals surface area (Å²) in [6.07, 6.45) is 4.16. The van der Waals surface area contributed by atoms with Crippen LogP contribution in [0.4, 0.5) is 11.5 Å². The van der Waals surface area contributed by atoms with Crippen molar-refractivity contribution in [1.29, 1.82) is 0 Å². The molecule has 4 heterocycles. The first kappa shape index (κ1) is 24.9. The van der Waals surface area contributed by atoms with Gasteiger partial charge in [-0.3, -0.25) is 14.5 Å². The Morgan fingerprint density at radius 3 is 2.73 bits per heavy atom. The first-order valence-electron chi connectivity index (χ1n) is 13.7. The second-order valence-electron chi connectivity index (χ2n) is 10.4. The van der Waals surface area contributed by atoms with Gasteiger partial charge in [0.1, 0.15) is 6.33 Å². The molecule has 10 heteroatoms. The molecule has 0 spiro atoms. The lowest BCUT2D eigenvalue weighted by Crippen LogP contribution is -2.36. The van der Waals surface area contributed by atoms with E-state index in [2.05, 4.69) is 60.2 Å². The highest BCUT2D eigenvalue weighted by Gasteiger charge is 2.24. The summed E-state index contributed by atoms with van der Waals surface area (Å²) >= 11 is 0. The number of fused-ring (bicyclic) bond motifs is 2. The van der Waals surface area contributed by atoms with Crippen molar-refractivity contribution in [2.45, 2.75) is 25.6 Å². The highest BCUT2D eigenvalue weighted by molar-refractivity contribution is 5.99. The predicted molar refractivity (Wildman–Crippen MR) is 155 cm³/mol. The van der Waals surface area contributed by atoms with Gasteiger partial charge in [0.15, 0.2) is 11.5 Å². The van der Waals surface area contributed by atoms with Gasteiger partial charge in [-0.05, 0) is 53.9 Å². The number of nitrogens with zero attached hydrogens (tertiary/aromatic N) is 5. The molecule has 2 aromatic heterocycles. The van der Waals surface area contributed by atoms with Crippen molar-refractivity contribution in [2.75, 3.05) is 18.4 Å². The van der Waals surface area contributed by atoms with E-state index >= 15 is 0 Å². The van der Waals surface area contributed by atoms with E-state index < -0.39 is 0 Å². The van der Waals surface area contributed by atoms with Crippen LogP contribution in [0.25, 0.3) is 16.9 Å². The maximum absolute atomic E-state index is 12.9. The highest BCUT2D eigenvalue weighted by atomic mass is 16.2. The number of aromatic nitrogens is 4. The average Bonchev–Trinajstić information content (AvgIpc) is 3.75. The number of likely N-dealkylation sites (tertiary alicyclic amines) is 1. The molecule has 10 nitrogen and oxygen atoms in total. The minimum atomic E-state index is -0.0725. The summed E-state index contributed by atoms with van der Waals surface area (Å²) in [7, 11) is 0. The SMILES string of the molecule is O=C(N[C@@H]1CCN(Cc2ccccc2)C1)c1ccc(Nc2ncc(-c3ccc4c(c3)CNC4=O)n3ncnc23)cc1. The molecule has 7 rings (SSSR count). The quantitative estimate of drug-likeness (QED) is 0.286. The van der Waals surface area contributed by atoms with Crippen LogP contribution < -0.4 is 16.0 Å². The molecule has 0 saturated carbocycles. The van der Waals surface area contributed by atoms with Crippen LogP contribution in [0.15, 0.2) is 85.3 Å². The van der Waals surface area contributed by atoms with Gasteiger partial charge < -0.3 is 16.0 Å². The van der Waals surface area contributed by atoms with Gasteiger partial charge in [-0.1, -0.05) is 36.4 Å². The van der Waals surface area contributed by atoms with Gasteiger partial charge >= 0.3 is 0 Å². The molecular formula is C31H28N8O2. The van der Waals surface area contributed by atoms with Crippen molar-refractivity contribution < 1.29 is 9.59 Å². The normalized spacial score (nSPS) is 16.5. The van der Waals surface area contributed by atoms with Crippen LogP contribution in [-0.4, -0.2) is 55.4 Å². The van der Waals surface area contributed by atoms with Crippen molar-refractivity contribution in [3.8, 4) is 11.3 Å². The molecule has 0 unspecified atom stereocenters. The van der Waals surface area contributed by atoms with E-state index in [0.29, 0.717) is 29.1 Å². The smallest absolute Gasteiger partial charge is 0.251 e. The summed E-state index contributed by atoms with van der Waals surface area (Å²) < 4.78 is 1.73. The Morgan fingerprint density at radius 2 is 1.88 bits per heavy atom. The monoisotopic (exact) mass is 544 g/mol. The highest BCUT2D eigenvalue weighted by Crippen LogP contribution is 2.27. The second-order valence-corrected chi connectivity index (χ2v) is 10.4. The lowest BCUT2D eigenvalue weighted by atomic mass is 10.0. The largest absolute Gasteiger partial charge is 0.348 e. The Balaban J connectivity index is 1.01. The van der Waals surface area contributed by atoms with Crippen molar-refractivity contribution >= 4 is 29.0 Å². The molecule has 1 fully saturated rings. The molecule has 1 atom stereocenters. The predicted octanol–water partition coefficient (Wildman–Crippen LogP) is 3.78. The van der Waals surface area contributed by atoms with Gasteiger partial charge in [-0.25, -0.2) is 14.5 Å². The van der Waals surface area contributed by atoms with Crippen LogP contribution in [-0.2, 0) is 13.1 Å². The van der Waals surface area contributed by atoms with Crippen LogP contribution in [0, 0.1) is 0 Å². The number of nitrogens with one attached hydrogen (secondary N) is 3. The molecule has 3 aromatic carbocycles. The molecule has 3 N–H and O–H groups in total. The van der Waals surface area contributed by atoms with Crippen molar-refractivity contribution in [2.24, 2.45) is 0 Å². The van der Waals surface area contributed by atoms with Crippen LogP contribution in [0.5, 0.6) is 0 Å². The zero-order valence-electron chi connectivity index (χ0n) is 22.2. The molecular weight excluding hydrogens is 516 g/mol. The second kappa shape index (κ2) is 10.5. The van der Waals surface area contributed by atoms with Crippen molar-refractivity contribution in [1.82, 2.24) is 35.1 Å². The third-order valence-electron chi connectivity index (χ3n) is 7.66. The number of hydrogen-bond acceptors (Lipinski definition) is 7. The van der Waals surface area contributed by atoms with Gasteiger partial charge in [0.25, 0.3) is 11.8 Å². The van der Waals surface area contributed by atoms with Crippen molar-refractivity contribution in [3.63, 3.8) is 0 Å². The minimum absolute atomic E-state index is 0.0531. The number of amides is 2. The molecule has 0 radical (unpaired) electrons. The molecule has 0 bridgehead atoms. The Bertz CT molecular complexity index is 1750. The average molecular weight is 545 g/mol. The van der Waals surface area contributed by atoms with E-state index in [-0.39, 0.29) is 17.9 Å². The van der Waals surface area contributed by atoms with Gasteiger partial charge in [-0.2, -0.15) is 5.10 Å². The van der Waals surface area contributed by atoms with Crippen LogP contribution in [0.2, 0.25) is 0 Å². The Hall–Kier alpha value is -5.09. The summed E-state index contributed by atoms with van der Waals surface area (Å²) in [5.41, 5.74) is 6.56. The summed E-state index contributed by atoms with van der Waals surface area (Å²) in [6, 6.07) is 23.6. The number of anilines is 2. The number of hydrogen-bond donors (Lipinski definition) is 3. The fourth-order valence-corrected chi connectivity index (χ4v) is 5.54. The van der Waals surface area contributed by atoms with E-state index in [1.165, 1.54) is 11.9 Å². The minimum Gasteiger partial charge on any atom is -0.348 e. The third kappa shape index (κ3) is 5.01. The standard InChI is InChI=1S/C31H28N8O2/c40-30(37-25-12-13-38(18-25)17-20-4-2-1-3-5-20)21-6-9-24(10-7-21)36-28-29-34-19-35-39(29)27(16-32-28)22-8-11-26-23(14-22)15-33-31(26)41/h1-11,14,16,19,25H,12-13,15,17-18H2,(H,32,36)(H,33,41)(H,37,40)/t25-/m1/s1. The zero-order valence-corrected chi connectivity index (χ0v) is 22.2. The molecule has 204 valence electrons. The first-order valence-corrected chi connectivity index (χ1v) is 13.7. The Labute approximate surface area is 236 Å². The van der Waals surface area contributed by atoms with Gasteiger partial charge in [0.05, 0.1) is 11.9 Å². The summed E-state index contributed by atoms with van der Waals surface area (Å²) in [5, 5.41) is 13.7. The number of carbonyl (C=O) groups excluding carboxylic acids is 2. The summed E-state index contributed by atoms with van der Waals surface area (Å²) in [4.78, 5) is 36.3. The molecule has 5 aromatic rings. The molecule has 2 amide bonds. The number of carbonyl (C=O) groups is 2. The van der Waals surface area contributed by atoms with E-state index in [0.717, 1.165) is 48.6 Å². The zero-order chi connectivity index (χ0) is 27.8. The summed E-state index contributed by atoms with van der Waals surface area (Å²) in [5.74, 6) is 0.422. The first-order chi connectivity index (χ1) is 20.1. The van der Waals surface area contributed by atoms with Crippen LogP contribution in [0.1, 0.15) is 38.3 Å². The van der Waals surface area contributed by atoms with Crippen LogP contribution in [0.3, 0.4) is 0 Å². The Morgan fingerprint density at radius 1 is 1.02 bits per heavy atom. The van der Waals surface area contributed by atoms with E-state index in [9.17, 15) is 9.59 Å². The topological polar surface area (TPSA) is 117 Å². The molecule has 41 heavy (non-hydrogen) atoms. The third-order valence-corrected chi connectivity index (χ3v) is 7.66. The molecule has 2 aliphatic heterocycles. The van der Waals surface area contributed by atoms with Gasteiger partial charge in [-0.15, -0.1) is 0 Å². The van der Waals surface area contributed by atoms with Crippen LogP contribution >= 0.6 is 0 Å². The van der Waals surface area contributed by atoms with E-state index in [1.54, 1.807) is 10.7 Å². The van der Waals surface area contributed by atoms with E-state index in [1.807, 2.05) is 48.5 Å².